The van der Waals surface area contributed by atoms with Crippen LogP contribution in [0.4, 0.5) is 0 Å². The highest BCUT2D eigenvalue weighted by Gasteiger charge is 2.19. The van der Waals surface area contributed by atoms with Crippen molar-refractivity contribution in [3.63, 3.8) is 0 Å². The maximum atomic E-state index is 4.85. The highest BCUT2D eigenvalue weighted by molar-refractivity contribution is 7.28. The molecule has 0 saturated carbocycles. The molecule has 0 atom stereocenters. The quantitative estimate of drug-likeness (QED) is 0.242. The van der Waals surface area contributed by atoms with E-state index in [9.17, 15) is 0 Å². The molecule has 0 radical (unpaired) electrons. The van der Waals surface area contributed by atoms with Crippen molar-refractivity contribution in [1.82, 2.24) is 4.98 Å². The molecule has 0 unspecified atom stereocenters. The fourth-order valence-corrected chi connectivity index (χ4v) is 7.54. The van der Waals surface area contributed by atoms with E-state index >= 15 is 0 Å². The first-order valence-electron chi connectivity index (χ1n) is 12.0. The van der Waals surface area contributed by atoms with E-state index in [0.717, 1.165) is 5.69 Å². The average molecular weight is 486 g/mol. The smallest absolute Gasteiger partial charge is 0.0719 e. The van der Waals surface area contributed by atoms with E-state index in [0.29, 0.717) is 5.92 Å². The van der Waals surface area contributed by atoms with Crippen molar-refractivity contribution < 1.29 is 0 Å². The van der Waals surface area contributed by atoms with Crippen LogP contribution in [0.15, 0.2) is 97.2 Å². The van der Waals surface area contributed by atoms with Crippen LogP contribution in [0.5, 0.6) is 0 Å². The molecule has 0 aliphatic heterocycles. The van der Waals surface area contributed by atoms with Crippen molar-refractivity contribution in [2.75, 3.05) is 0 Å². The lowest BCUT2D eigenvalue weighted by Crippen LogP contribution is -1.91. The van der Waals surface area contributed by atoms with Gasteiger partial charge in [0.25, 0.3) is 0 Å². The van der Waals surface area contributed by atoms with Gasteiger partial charge in [-0.05, 0) is 52.9 Å². The van der Waals surface area contributed by atoms with E-state index in [1.807, 2.05) is 28.9 Å². The van der Waals surface area contributed by atoms with Crippen LogP contribution in [0, 0.1) is 0 Å². The first-order chi connectivity index (χ1) is 17.2. The van der Waals surface area contributed by atoms with Gasteiger partial charge in [-0.25, -0.2) is 0 Å². The lowest BCUT2D eigenvalue weighted by molar-refractivity contribution is 0.864. The number of pyridine rings is 1. The molecule has 4 aromatic carbocycles. The summed E-state index contributed by atoms with van der Waals surface area (Å²) in [5.41, 5.74) is 6.15. The standard InChI is InChI=1S/C32H23NS2/c1-19(2)21-14-15-33-26(16-21)25-18-29-30(23-10-6-7-11-27(23)34-29)31-24-13-12-22(17-28(24)35-32(25)31)20-8-4-3-5-9-20/h3-19H,1-2H3. The molecular formula is C32H23NS2. The molecule has 35 heavy (non-hydrogen) atoms. The number of benzene rings is 4. The normalized spacial score (nSPS) is 12.0. The first-order valence-corrected chi connectivity index (χ1v) is 13.6. The number of thiophene rings is 2. The molecule has 0 spiro atoms. The van der Waals surface area contributed by atoms with Crippen LogP contribution in [-0.4, -0.2) is 4.98 Å². The molecule has 3 heterocycles. The predicted molar refractivity (Wildman–Crippen MR) is 155 cm³/mol. The first kappa shape index (κ1) is 20.8. The third-order valence-corrected chi connectivity index (χ3v) is 9.22. The zero-order valence-electron chi connectivity index (χ0n) is 19.6. The molecule has 0 N–H and O–H groups in total. The van der Waals surface area contributed by atoms with Crippen LogP contribution in [0.1, 0.15) is 25.3 Å². The van der Waals surface area contributed by atoms with Crippen LogP contribution in [0.25, 0.3) is 62.7 Å². The lowest BCUT2D eigenvalue weighted by atomic mass is 9.97. The number of fused-ring (bicyclic) bond motifs is 7. The van der Waals surface area contributed by atoms with Gasteiger partial charge in [-0.2, -0.15) is 0 Å². The summed E-state index contributed by atoms with van der Waals surface area (Å²) in [6.45, 7) is 4.49. The summed E-state index contributed by atoms with van der Waals surface area (Å²) in [6.07, 6.45) is 1.96. The molecule has 168 valence electrons. The molecule has 7 rings (SSSR count). The van der Waals surface area contributed by atoms with Crippen molar-refractivity contribution >= 4 is 63.0 Å². The van der Waals surface area contributed by atoms with E-state index in [-0.39, 0.29) is 0 Å². The Balaban J connectivity index is 1.61. The fourth-order valence-electron chi connectivity index (χ4n) is 5.11. The molecule has 1 nitrogen and oxygen atoms in total. The van der Waals surface area contributed by atoms with Crippen LogP contribution < -0.4 is 0 Å². The van der Waals surface area contributed by atoms with Gasteiger partial charge >= 0.3 is 0 Å². The Morgan fingerprint density at radius 1 is 0.629 bits per heavy atom. The Bertz CT molecular complexity index is 1870. The average Bonchev–Trinajstić information content (AvgIpc) is 3.46. The van der Waals surface area contributed by atoms with Crippen molar-refractivity contribution in [1.29, 1.82) is 0 Å². The summed E-state index contributed by atoms with van der Waals surface area (Å²) in [4.78, 5) is 4.85. The third-order valence-electron chi connectivity index (χ3n) is 6.92. The van der Waals surface area contributed by atoms with Gasteiger partial charge in [-0.1, -0.05) is 74.5 Å². The van der Waals surface area contributed by atoms with Gasteiger partial charge in [0.1, 0.15) is 0 Å². The molecule has 0 saturated heterocycles. The monoisotopic (exact) mass is 485 g/mol. The minimum Gasteiger partial charge on any atom is -0.256 e. The minimum absolute atomic E-state index is 0.469. The Morgan fingerprint density at radius 3 is 2.29 bits per heavy atom. The zero-order chi connectivity index (χ0) is 23.5. The number of hydrogen-bond donors (Lipinski definition) is 0. The van der Waals surface area contributed by atoms with E-state index in [4.69, 9.17) is 4.98 Å². The summed E-state index contributed by atoms with van der Waals surface area (Å²) in [5.74, 6) is 0.469. The van der Waals surface area contributed by atoms with Crippen LogP contribution >= 0.6 is 22.7 Å². The SMILES string of the molecule is CC(C)c1ccnc(-c2cc3sc4ccccc4c3c3c2sc2cc(-c4ccccc4)ccc23)c1. The topological polar surface area (TPSA) is 12.9 Å². The summed E-state index contributed by atoms with van der Waals surface area (Å²) in [6, 6.07) is 33.2. The van der Waals surface area contributed by atoms with Gasteiger partial charge in [0.2, 0.25) is 0 Å². The second-order valence-electron chi connectivity index (χ2n) is 9.41. The molecule has 0 aliphatic carbocycles. The minimum atomic E-state index is 0.469. The van der Waals surface area contributed by atoms with E-state index in [1.54, 1.807) is 0 Å². The van der Waals surface area contributed by atoms with Gasteiger partial charge in [0.05, 0.1) is 5.69 Å². The molecule has 0 aliphatic rings. The van der Waals surface area contributed by atoms with Gasteiger partial charge in [-0.15, -0.1) is 22.7 Å². The molecule has 0 amide bonds. The van der Waals surface area contributed by atoms with Crippen LogP contribution in [-0.2, 0) is 0 Å². The Morgan fingerprint density at radius 2 is 1.43 bits per heavy atom. The molecule has 3 heteroatoms. The summed E-state index contributed by atoms with van der Waals surface area (Å²) in [5, 5.41) is 5.43. The number of rotatable bonds is 3. The van der Waals surface area contributed by atoms with Crippen molar-refractivity contribution in [2.24, 2.45) is 0 Å². The van der Waals surface area contributed by atoms with Gasteiger partial charge < -0.3 is 0 Å². The molecule has 3 aromatic heterocycles. The van der Waals surface area contributed by atoms with Crippen molar-refractivity contribution in [3.05, 3.63) is 103 Å². The Kier molecular flexibility index (Phi) is 4.76. The fraction of sp³-hybridized carbons (Fsp3) is 0.0938. The van der Waals surface area contributed by atoms with Gasteiger partial charge in [0.15, 0.2) is 0 Å². The van der Waals surface area contributed by atoms with E-state index in [2.05, 4.69) is 105 Å². The molecular weight excluding hydrogens is 462 g/mol. The molecule has 0 fully saturated rings. The highest BCUT2D eigenvalue weighted by Crippen LogP contribution is 2.48. The van der Waals surface area contributed by atoms with Crippen LogP contribution in [0.2, 0.25) is 0 Å². The largest absolute Gasteiger partial charge is 0.256 e. The van der Waals surface area contributed by atoms with Crippen LogP contribution in [0.3, 0.4) is 0 Å². The highest BCUT2D eigenvalue weighted by atomic mass is 32.1. The summed E-state index contributed by atoms with van der Waals surface area (Å²) < 4.78 is 5.32. The maximum absolute atomic E-state index is 4.85. The third kappa shape index (κ3) is 3.30. The van der Waals surface area contributed by atoms with E-state index < -0.39 is 0 Å². The van der Waals surface area contributed by atoms with Crippen molar-refractivity contribution in [3.8, 4) is 22.4 Å². The number of hydrogen-bond acceptors (Lipinski definition) is 3. The number of nitrogens with zero attached hydrogens (tertiary/aromatic N) is 1. The summed E-state index contributed by atoms with van der Waals surface area (Å²) in [7, 11) is 0. The Hall–Kier alpha value is -3.53. The maximum Gasteiger partial charge on any atom is 0.0719 e. The lowest BCUT2D eigenvalue weighted by Gasteiger charge is -2.09. The summed E-state index contributed by atoms with van der Waals surface area (Å²) >= 11 is 3.78. The second kappa shape index (κ2) is 8.01. The predicted octanol–water partition coefficient (Wildman–Crippen LogP) is 10.3. The van der Waals surface area contributed by atoms with Gasteiger partial charge in [-0.3, -0.25) is 4.98 Å². The van der Waals surface area contributed by atoms with Crippen molar-refractivity contribution in [2.45, 2.75) is 19.8 Å². The number of aromatic nitrogens is 1. The van der Waals surface area contributed by atoms with Gasteiger partial charge in [0, 0.05) is 52.1 Å². The Labute approximate surface area is 212 Å². The molecule has 0 bridgehead atoms. The van der Waals surface area contributed by atoms with E-state index in [1.165, 1.54) is 62.6 Å². The molecule has 7 aromatic rings. The second-order valence-corrected chi connectivity index (χ2v) is 11.5. The zero-order valence-corrected chi connectivity index (χ0v) is 21.2.